The van der Waals surface area contributed by atoms with Crippen molar-refractivity contribution >= 4 is 32.9 Å². The van der Waals surface area contributed by atoms with Crippen molar-refractivity contribution < 1.29 is 0 Å². The molecule has 102 valence electrons. The summed E-state index contributed by atoms with van der Waals surface area (Å²) in [5, 5.41) is 0. The summed E-state index contributed by atoms with van der Waals surface area (Å²) >= 11 is 3.52. The largest absolute Gasteiger partial charge is 0.369 e. The Kier molecular flexibility index (Phi) is 3.26. The lowest BCUT2D eigenvalue weighted by atomic mass is 10.1. The highest BCUT2D eigenvalue weighted by Gasteiger charge is 2.15. The maximum atomic E-state index is 6.12. The highest BCUT2D eigenvalue weighted by molar-refractivity contribution is 9.10. The van der Waals surface area contributed by atoms with Crippen molar-refractivity contribution in [3.63, 3.8) is 0 Å². The number of fused-ring (bicyclic) bond motifs is 1. The van der Waals surface area contributed by atoms with Gasteiger partial charge in [-0.1, -0.05) is 34.1 Å². The first-order valence-electron chi connectivity index (χ1n) is 6.56. The second kappa shape index (κ2) is 4.94. The molecule has 3 rings (SSSR count). The molecule has 1 heterocycles. The molecule has 20 heavy (non-hydrogen) atoms. The third-order valence-corrected chi connectivity index (χ3v) is 4.08. The summed E-state index contributed by atoms with van der Waals surface area (Å²) in [6.45, 7) is 4.20. The minimum Gasteiger partial charge on any atom is -0.369 e. The van der Waals surface area contributed by atoms with E-state index in [2.05, 4.69) is 69.7 Å². The van der Waals surface area contributed by atoms with Crippen LogP contribution in [-0.4, -0.2) is 9.55 Å². The van der Waals surface area contributed by atoms with Crippen LogP contribution in [0.15, 0.2) is 46.9 Å². The van der Waals surface area contributed by atoms with Gasteiger partial charge in [0.25, 0.3) is 0 Å². The monoisotopic (exact) mass is 329 g/mol. The van der Waals surface area contributed by atoms with Crippen LogP contribution < -0.4 is 5.73 Å². The van der Waals surface area contributed by atoms with Gasteiger partial charge in [-0.05, 0) is 49.2 Å². The van der Waals surface area contributed by atoms with Gasteiger partial charge in [-0.3, -0.25) is 0 Å². The van der Waals surface area contributed by atoms with Crippen LogP contribution in [0.3, 0.4) is 0 Å². The molecule has 0 aliphatic rings. The summed E-state index contributed by atoms with van der Waals surface area (Å²) in [7, 11) is 0. The van der Waals surface area contributed by atoms with Crippen LogP contribution in [0.25, 0.3) is 11.0 Å². The molecule has 0 saturated heterocycles. The lowest BCUT2D eigenvalue weighted by Crippen LogP contribution is -2.10. The van der Waals surface area contributed by atoms with E-state index in [1.165, 1.54) is 11.1 Å². The summed E-state index contributed by atoms with van der Waals surface area (Å²) in [5.41, 5.74) is 10.5. The molecular weight excluding hydrogens is 314 g/mol. The molecule has 2 N–H and O–H groups in total. The maximum Gasteiger partial charge on any atom is 0.201 e. The van der Waals surface area contributed by atoms with Gasteiger partial charge < -0.3 is 10.3 Å². The highest BCUT2D eigenvalue weighted by Crippen LogP contribution is 2.28. The van der Waals surface area contributed by atoms with Gasteiger partial charge in [-0.25, -0.2) is 4.98 Å². The Balaban J connectivity index is 2.16. The number of nitrogens with two attached hydrogens (primary N) is 1. The number of anilines is 1. The van der Waals surface area contributed by atoms with Gasteiger partial charge in [-0.2, -0.15) is 0 Å². The number of imidazole rings is 1. The normalized spacial score (nSPS) is 12.8. The maximum absolute atomic E-state index is 6.12. The number of nitrogen functional groups attached to an aromatic ring is 1. The molecule has 0 spiro atoms. The molecule has 0 radical (unpaired) electrons. The molecule has 0 aliphatic heterocycles. The fourth-order valence-electron chi connectivity index (χ4n) is 2.55. The van der Waals surface area contributed by atoms with Gasteiger partial charge in [0, 0.05) is 4.47 Å². The van der Waals surface area contributed by atoms with Crippen molar-refractivity contribution in [2.45, 2.75) is 19.9 Å². The molecule has 4 heteroatoms. The summed E-state index contributed by atoms with van der Waals surface area (Å²) in [4.78, 5) is 4.47. The van der Waals surface area contributed by atoms with Crippen molar-refractivity contribution in [2.24, 2.45) is 0 Å². The van der Waals surface area contributed by atoms with Crippen LogP contribution in [0, 0.1) is 6.92 Å². The van der Waals surface area contributed by atoms with Crippen LogP contribution in [0.4, 0.5) is 5.95 Å². The smallest absolute Gasteiger partial charge is 0.201 e. The molecular formula is C16H16BrN3. The van der Waals surface area contributed by atoms with Gasteiger partial charge in [0.1, 0.15) is 0 Å². The molecule has 1 unspecified atom stereocenters. The number of rotatable bonds is 2. The zero-order valence-electron chi connectivity index (χ0n) is 11.5. The zero-order valence-corrected chi connectivity index (χ0v) is 13.1. The van der Waals surface area contributed by atoms with Gasteiger partial charge in [0.05, 0.1) is 17.1 Å². The van der Waals surface area contributed by atoms with E-state index in [-0.39, 0.29) is 6.04 Å². The zero-order chi connectivity index (χ0) is 14.3. The predicted octanol–water partition coefficient (Wildman–Crippen LogP) is 4.30. The Bertz CT molecular complexity index is 776. The minimum atomic E-state index is 0.139. The number of benzene rings is 2. The molecule has 0 fully saturated rings. The number of nitrogens with zero attached hydrogens (tertiary/aromatic N) is 2. The Labute approximate surface area is 126 Å². The summed E-state index contributed by atoms with van der Waals surface area (Å²) in [6.07, 6.45) is 0. The number of hydrogen-bond donors (Lipinski definition) is 1. The molecule has 0 aliphatic carbocycles. The second-order valence-electron chi connectivity index (χ2n) is 5.06. The van der Waals surface area contributed by atoms with Crippen molar-refractivity contribution in [3.8, 4) is 0 Å². The number of aryl methyl sites for hydroxylation is 1. The van der Waals surface area contributed by atoms with Crippen LogP contribution in [0.2, 0.25) is 0 Å². The van der Waals surface area contributed by atoms with Gasteiger partial charge in [0.15, 0.2) is 0 Å². The number of halogens is 1. The Morgan fingerprint density at radius 2 is 2.00 bits per heavy atom. The van der Waals surface area contributed by atoms with Crippen LogP contribution >= 0.6 is 15.9 Å². The van der Waals surface area contributed by atoms with Gasteiger partial charge in [0.2, 0.25) is 5.95 Å². The third kappa shape index (κ3) is 2.20. The van der Waals surface area contributed by atoms with Crippen LogP contribution in [-0.2, 0) is 0 Å². The SMILES string of the molecule is Cc1ccc2c(c1)nc(N)n2C(C)c1cccc(Br)c1. The van der Waals surface area contributed by atoms with E-state index in [1.807, 2.05) is 12.1 Å². The molecule has 1 atom stereocenters. The van der Waals surface area contributed by atoms with E-state index in [0.717, 1.165) is 15.5 Å². The van der Waals surface area contributed by atoms with E-state index < -0.39 is 0 Å². The molecule has 0 bridgehead atoms. The molecule has 0 saturated carbocycles. The van der Waals surface area contributed by atoms with Crippen molar-refractivity contribution in [2.75, 3.05) is 5.73 Å². The summed E-state index contributed by atoms with van der Waals surface area (Å²) in [6, 6.07) is 14.7. The van der Waals surface area contributed by atoms with Gasteiger partial charge in [-0.15, -0.1) is 0 Å². The fraction of sp³-hybridized carbons (Fsp3) is 0.188. The fourth-order valence-corrected chi connectivity index (χ4v) is 2.97. The molecule has 0 amide bonds. The summed E-state index contributed by atoms with van der Waals surface area (Å²) < 4.78 is 3.15. The second-order valence-corrected chi connectivity index (χ2v) is 5.98. The van der Waals surface area contributed by atoms with Gasteiger partial charge >= 0.3 is 0 Å². The van der Waals surface area contributed by atoms with E-state index >= 15 is 0 Å². The van der Waals surface area contributed by atoms with Crippen molar-refractivity contribution in [1.82, 2.24) is 9.55 Å². The first-order valence-corrected chi connectivity index (χ1v) is 7.35. The first-order chi connectivity index (χ1) is 9.56. The molecule has 3 aromatic rings. The third-order valence-electron chi connectivity index (χ3n) is 3.59. The van der Waals surface area contributed by atoms with Crippen LogP contribution in [0.5, 0.6) is 0 Å². The molecule has 1 aromatic heterocycles. The average molecular weight is 330 g/mol. The lowest BCUT2D eigenvalue weighted by Gasteiger charge is -2.17. The predicted molar refractivity (Wildman–Crippen MR) is 86.8 cm³/mol. The van der Waals surface area contributed by atoms with E-state index in [1.54, 1.807) is 0 Å². The van der Waals surface area contributed by atoms with Crippen molar-refractivity contribution in [3.05, 3.63) is 58.1 Å². The highest BCUT2D eigenvalue weighted by atomic mass is 79.9. The average Bonchev–Trinajstić information content (AvgIpc) is 2.73. The van der Waals surface area contributed by atoms with E-state index in [0.29, 0.717) is 5.95 Å². The minimum absolute atomic E-state index is 0.139. The Hall–Kier alpha value is -1.81. The van der Waals surface area contributed by atoms with E-state index in [9.17, 15) is 0 Å². The Morgan fingerprint density at radius 3 is 2.75 bits per heavy atom. The standard InChI is InChI=1S/C16H16BrN3/c1-10-6-7-15-14(8-10)19-16(18)20(15)11(2)12-4-3-5-13(17)9-12/h3-9,11H,1-2H3,(H2,18,19). The quantitative estimate of drug-likeness (QED) is 0.761. The van der Waals surface area contributed by atoms with Crippen molar-refractivity contribution in [1.29, 1.82) is 0 Å². The number of aromatic nitrogens is 2. The molecule has 2 aromatic carbocycles. The molecule has 3 nitrogen and oxygen atoms in total. The first kappa shape index (κ1) is 13.2. The topological polar surface area (TPSA) is 43.8 Å². The lowest BCUT2D eigenvalue weighted by molar-refractivity contribution is 0.667. The van der Waals surface area contributed by atoms with Crippen LogP contribution in [0.1, 0.15) is 24.1 Å². The van der Waals surface area contributed by atoms with E-state index in [4.69, 9.17) is 5.73 Å². The summed E-state index contributed by atoms with van der Waals surface area (Å²) in [5.74, 6) is 0.554. The Morgan fingerprint density at radius 1 is 1.20 bits per heavy atom. The number of hydrogen-bond acceptors (Lipinski definition) is 2.